The monoisotopic (exact) mass is 736 g/mol. The highest BCUT2D eigenvalue weighted by atomic mass is 32.1. The summed E-state index contributed by atoms with van der Waals surface area (Å²) in [4.78, 5) is 57.3. The molecule has 15 nitrogen and oxygen atoms in total. The molecule has 1 aliphatic rings. The first-order chi connectivity index (χ1) is 24.3. The van der Waals surface area contributed by atoms with Crippen LogP contribution >= 0.6 is 11.3 Å². The zero-order valence-corrected chi connectivity index (χ0v) is 30.9. The molecule has 1 aliphatic heterocycles. The van der Waals surface area contributed by atoms with Crippen LogP contribution in [-0.2, 0) is 42.9 Å². The molecule has 0 spiro atoms. The van der Waals surface area contributed by atoms with Gasteiger partial charge in [0.1, 0.15) is 25.3 Å². The molecule has 0 bridgehead atoms. The van der Waals surface area contributed by atoms with Crippen molar-refractivity contribution >= 4 is 35.0 Å². The molecule has 2 unspecified atom stereocenters. The number of nitrogens with zero attached hydrogens (tertiary/aromatic N) is 2. The second-order valence-corrected chi connectivity index (χ2v) is 14.1. The summed E-state index contributed by atoms with van der Waals surface area (Å²) in [5, 5.41) is 24.8. The molecule has 3 amide bonds. The number of carbonyl (C=O) groups excluding carboxylic acids is 3. The van der Waals surface area contributed by atoms with Gasteiger partial charge in [-0.1, -0.05) is 45.0 Å². The molecule has 4 N–H and O–H groups in total. The van der Waals surface area contributed by atoms with Crippen molar-refractivity contribution in [3.63, 3.8) is 0 Å². The van der Waals surface area contributed by atoms with E-state index in [1.807, 2.05) is 64.4 Å². The van der Waals surface area contributed by atoms with Crippen molar-refractivity contribution in [1.82, 2.24) is 20.5 Å². The van der Waals surface area contributed by atoms with Crippen LogP contribution in [0.2, 0.25) is 0 Å². The highest BCUT2D eigenvalue weighted by molar-refractivity contribution is 7.13. The van der Waals surface area contributed by atoms with E-state index in [0.717, 1.165) is 21.7 Å². The Bertz CT molecular complexity index is 1400. The van der Waals surface area contributed by atoms with Crippen LogP contribution < -0.4 is 10.6 Å². The molecule has 2 heterocycles. The van der Waals surface area contributed by atoms with E-state index >= 15 is 0 Å². The maximum absolute atomic E-state index is 13.9. The Morgan fingerprint density at radius 3 is 1.96 bits per heavy atom. The molecule has 1 saturated heterocycles. The van der Waals surface area contributed by atoms with Crippen molar-refractivity contribution in [3.05, 3.63) is 41.0 Å². The summed E-state index contributed by atoms with van der Waals surface area (Å²) in [6, 6.07) is 5.67. The molecule has 1 fully saturated rings. The Morgan fingerprint density at radius 1 is 0.902 bits per heavy atom. The molecule has 1 aromatic carbocycles. The van der Waals surface area contributed by atoms with Gasteiger partial charge in [-0.25, -0.2) is 9.78 Å². The highest BCUT2D eigenvalue weighted by Crippen LogP contribution is 2.29. The minimum Gasteiger partial charge on any atom is -0.480 e. The predicted octanol–water partition coefficient (Wildman–Crippen LogP) is 1.96. The Kier molecular flexibility index (Phi) is 17.4. The SMILES string of the molecule is Cc1ncsc1-c1ccc(C(C)NC(=O)[C@@H]2C[C@@H](O)CN2C(=O)C(NC(=O)COCCOCCOCCOCCOCC(=O)O)C(C)(C)C)cc1. The van der Waals surface area contributed by atoms with E-state index in [2.05, 4.69) is 15.6 Å². The van der Waals surface area contributed by atoms with Gasteiger partial charge in [-0.3, -0.25) is 14.4 Å². The number of carboxylic acids is 1. The normalized spacial score (nSPS) is 17.3. The number of likely N-dealkylation sites (tertiary alicyclic amines) is 1. The van der Waals surface area contributed by atoms with Crippen molar-refractivity contribution in [1.29, 1.82) is 0 Å². The number of β-amino-alcohol motifs (C(OH)–C–C–N with tert-alkyl or cyclic N) is 1. The summed E-state index contributed by atoms with van der Waals surface area (Å²) < 4.78 is 26.4. The number of hydrogen-bond acceptors (Lipinski definition) is 12. The smallest absolute Gasteiger partial charge is 0.329 e. The van der Waals surface area contributed by atoms with E-state index in [-0.39, 0.29) is 64.6 Å². The van der Waals surface area contributed by atoms with Gasteiger partial charge in [-0.05, 0) is 30.4 Å². The number of hydrogen-bond donors (Lipinski definition) is 4. The molecule has 0 saturated carbocycles. The van der Waals surface area contributed by atoms with E-state index in [0.29, 0.717) is 26.4 Å². The minimum absolute atomic E-state index is 0.0230. The zero-order chi connectivity index (χ0) is 37.4. The maximum atomic E-state index is 13.9. The lowest BCUT2D eigenvalue weighted by Crippen LogP contribution is -2.58. The number of rotatable bonds is 22. The molecule has 2 aromatic rings. The number of aromatic nitrogens is 1. The Morgan fingerprint density at radius 2 is 1.45 bits per heavy atom. The molecule has 284 valence electrons. The Labute approximate surface area is 302 Å². The second-order valence-electron chi connectivity index (χ2n) is 13.2. The molecular weight excluding hydrogens is 684 g/mol. The number of nitrogens with one attached hydrogen (secondary N) is 2. The molecule has 0 aliphatic carbocycles. The largest absolute Gasteiger partial charge is 0.480 e. The van der Waals surface area contributed by atoms with Crippen LogP contribution in [0.5, 0.6) is 0 Å². The molecule has 0 radical (unpaired) electrons. The van der Waals surface area contributed by atoms with E-state index in [4.69, 9.17) is 28.8 Å². The van der Waals surface area contributed by atoms with E-state index in [1.54, 1.807) is 11.3 Å². The first-order valence-corrected chi connectivity index (χ1v) is 17.8. The van der Waals surface area contributed by atoms with Crippen LogP contribution in [0.3, 0.4) is 0 Å². The number of benzene rings is 1. The second kappa shape index (κ2) is 21.1. The van der Waals surface area contributed by atoms with Gasteiger partial charge in [0.2, 0.25) is 17.7 Å². The lowest BCUT2D eigenvalue weighted by atomic mass is 9.85. The van der Waals surface area contributed by atoms with Gasteiger partial charge in [0.25, 0.3) is 0 Å². The molecule has 4 atom stereocenters. The molecule has 16 heteroatoms. The first kappa shape index (κ1) is 41.9. The number of aliphatic hydroxyl groups is 1. The third-order valence-corrected chi connectivity index (χ3v) is 8.98. The number of ether oxygens (including phenoxy) is 5. The number of aliphatic carboxylic acids is 1. The first-order valence-electron chi connectivity index (χ1n) is 17.0. The standard InChI is InChI=1S/C35H52N4O11S/c1-23(25-6-8-26(9-7-25)31-24(2)36-22-51-31)37-33(44)28-18-27(40)19-39(28)34(45)32(35(3,4)5)38-29(41)20-49-16-14-47-12-10-46-11-13-48-15-17-50-21-30(42)43/h6-9,22-23,27-28,32,40H,10-21H2,1-5H3,(H,37,44)(H,38,41)(H,42,43)/t23?,27-,28+,32?/m1/s1. The lowest BCUT2D eigenvalue weighted by Gasteiger charge is -2.35. The lowest BCUT2D eigenvalue weighted by molar-refractivity contribution is -0.144. The maximum Gasteiger partial charge on any atom is 0.329 e. The van der Waals surface area contributed by atoms with Crippen molar-refractivity contribution in [2.45, 2.75) is 65.3 Å². The number of aryl methyl sites for hydroxylation is 1. The van der Waals surface area contributed by atoms with Crippen molar-refractivity contribution in [3.8, 4) is 10.4 Å². The number of carboxylic acid groups (broad SMARTS) is 1. The van der Waals surface area contributed by atoms with Gasteiger partial charge >= 0.3 is 5.97 Å². The summed E-state index contributed by atoms with van der Waals surface area (Å²) in [5.41, 5.74) is 4.01. The average molecular weight is 737 g/mol. The Balaban J connectivity index is 1.39. The van der Waals surface area contributed by atoms with Crippen LogP contribution in [0.1, 0.15) is 51.4 Å². The van der Waals surface area contributed by atoms with Crippen molar-refractivity contribution < 1.29 is 53.1 Å². The summed E-state index contributed by atoms with van der Waals surface area (Å²) in [5.74, 6) is -2.36. The summed E-state index contributed by atoms with van der Waals surface area (Å²) in [6.45, 7) is 10.8. The average Bonchev–Trinajstić information content (AvgIpc) is 3.69. The number of thiazole rings is 1. The number of carbonyl (C=O) groups is 4. The van der Waals surface area contributed by atoms with Crippen LogP contribution in [-0.4, -0.2) is 135 Å². The summed E-state index contributed by atoms with van der Waals surface area (Å²) >= 11 is 1.57. The van der Waals surface area contributed by atoms with Gasteiger partial charge in [-0.2, -0.15) is 0 Å². The van der Waals surface area contributed by atoms with E-state index < -0.39 is 41.4 Å². The van der Waals surface area contributed by atoms with Gasteiger partial charge in [0, 0.05) is 13.0 Å². The van der Waals surface area contributed by atoms with Gasteiger partial charge < -0.3 is 49.4 Å². The van der Waals surface area contributed by atoms with Gasteiger partial charge in [0.05, 0.1) is 81.1 Å². The topological polar surface area (TPSA) is 195 Å². The molecule has 3 rings (SSSR count). The predicted molar refractivity (Wildman–Crippen MR) is 188 cm³/mol. The Hall–Kier alpha value is -3.51. The third-order valence-electron chi connectivity index (χ3n) is 8.01. The molecular formula is C35H52N4O11S. The van der Waals surface area contributed by atoms with E-state index in [9.17, 15) is 24.3 Å². The fraction of sp³-hybridized carbons (Fsp3) is 0.629. The highest BCUT2D eigenvalue weighted by Gasteiger charge is 2.44. The summed E-state index contributed by atoms with van der Waals surface area (Å²) in [7, 11) is 0. The van der Waals surface area contributed by atoms with Crippen LogP contribution in [0, 0.1) is 12.3 Å². The van der Waals surface area contributed by atoms with Crippen molar-refractivity contribution in [2.24, 2.45) is 5.41 Å². The quantitative estimate of drug-likeness (QED) is 0.129. The van der Waals surface area contributed by atoms with Crippen molar-refractivity contribution in [2.75, 3.05) is 72.6 Å². The van der Waals surface area contributed by atoms with Crippen LogP contribution in [0.4, 0.5) is 0 Å². The summed E-state index contributed by atoms with van der Waals surface area (Å²) in [6.07, 6.45) is -0.788. The number of amides is 3. The third kappa shape index (κ3) is 14.2. The minimum atomic E-state index is -1.03. The van der Waals surface area contributed by atoms with E-state index in [1.165, 1.54) is 4.90 Å². The molecule has 1 aromatic heterocycles. The zero-order valence-electron chi connectivity index (χ0n) is 30.1. The molecule has 51 heavy (non-hydrogen) atoms. The fourth-order valence-electron chi connectivity index (χ4n) is 5.32. The number of aliphatic hydroxyl groups excluding tert-OH is 1. The fourth-order valence-corrected chi connectivity index (χ4v) is 6.13. The van der Waals surface area contributed by atoms with Gasteiger partial charge in [-0.15, -0.1) is 11.3 Å². The van der Waals surface area contributed by atoms with Crippen LogP contribution in [0.15, 0.2) is 29.8 Å². The van der Waals surface area contributed by atoms with Crippen LogP contribution in [0.25, 0.3) is 10.4 Å². The van der Waals surface area contributed by atoms with Gasteiger partial charge in [0.15, 0.2) is 0 Å².